The number of aliphatic imine (C=N–C) groups is 2. The van der Waals surface area contributed by atoms with E-state index >= 15 is 4.39 Å². The minimum absolute atomic E-state index is 0.0388. The fourth-order valence-corrected chi connectivity index (χ4v) is 5.94. The van der Waals surface area contributed by atoms with Crippen molar-refractivity contribution >= 4 is 41.8 Å². The summed E-state index contributed by atoms with van der Waals surface area (Å²) in [5.41, 5.74) is 1.75. The molecule has 1 aromatic carbocycles. The van der Waals surface area contributed by atoms with Gasteiger partial charge < -0.3 is 9.80 Å². The van der Waals surface area contributed by atoms with Gasteiger partial charge >= 0.3 is 0 Å². The molecule has 0 aliphatic carbocycles. The summed E-state index contributed by atoms with van der Waals surface area (Å²) in [7, 11) is 1.64. The summed E-state index contributed by atoms with van der Waals surface area (Å²) in [6, 6.07) is 6.74. The molecule has 2 aliphatic rings. The highest BCUT2D eigenvalue weighted by atomic mass is 35.5. The lowest BCUT2D eigenvalue weighted by molar-refractivity contribution is -0.128. The molecule has 0 saturated carbocycles. The second kappa shape index (κ2) is 13.3. The number of aromatic nitrogens is 1. The van der Waals surface area contributed by atoms with Gasteiger partial charge in [-0.2, -0.15) is 5.26 Å². The maximum Gasteiger partial charge on any atom is 0.246 e. The molecule has 3 heterocycles. The molecule has 1 saturated heterocycles. The average Bonchev–Trinajstić information content (AvgIpc) is 3.00. The molecular weight excluding hydrogens is 569 g/mol. The van der Waals surface area contributed by atoms with E-state index in [2.05, 4.69) is 16.6 Å². The summed E-state index contributed by atoms with van der Waals surface area (Å²) in [5, 5.41) is 9.59. The number of amidine groups is 1. The van der Waals surface area contributed by atoms with Gasteiger partial charge in [0.05, 0.1) is 40.0 Å². The maximum atomic E-state index is 15.2. The number of halogens is 2. The van der Waals surface area contributed by atoms with E-state index in [9.17, 15) is 14.9 Å². The van der Waals surface area contributed by atoms with Crippen molar-refractivity contribution in [3.05, 3.63) is 70.5 Å². The highest BCUT2D eigenvalue weighted by molar-refractivity contribution is 6.33. The van der Waals surface area contributed by atoms with Crippen LogP contribution in [0.2, 0.25) is 5.02 Å². The Morgan fingerprint density at radius 1 is 1.33 bits per heavy atom. The van der Waals surface area contributed by atoms with E-state index in [1.54, 1.807) is 24.2 Å². The molecule has 2 aromatic rings. The van der Waals surface area contributed by atoms with Gasteiger partial charge in [0.15, 0.2) is 0 Å². The predicted molar refractivity (Wildman–Crippen MR) is 168 cm³/mol. The molecule has 3 unspecified atom stereocenters. The molecule has 43 heavy (non-hydrogen) atoms. The Labute approximate surface area is 256 Å². The van der Waals surface area contributed by atoms with Crippen LogP contribution in [0.4, 0.5) is 10.2 Å². The number of allylic oxidation sites excluding steroid dienone is 1. The van der Waals surface area contributed by atoms with E-state index < -0.39 is 11.9 Å². The smallest absolute Gasteiger partial charge is 0.246 e. The molecule has 11 heteroatoms. The van der Waals surface area contributed by atoms with Gasteiger partial charge in [0, 0.05) is 44.5 Å². The maximum absolute atomic E-state index is 15.2. The summed E-state index contributed by atoms with van der Waals surface area (Å²) in [5.74, 6) is 0.0829. The van der Waals surface area contributed by atoms with E-state index in [1.165, 1.54) is 29.2 Å². The molecule has 2 amide bonds. The summed E-state index contributed by atoms with van der Waals surface area (Å²) in [6.45, 7) is 12.9. The van der Waals surface area contributed by atoms with Gasteiger partial charge in [-0.05, 0) is 61.8 Å². The number of hydrogen-bond donors (Lipinski definition) is 0. The van der Waals surface area contributed by atoms with Crippen molar-refractivity contribution < 1.29 is 14.0 Å². The van der Waals surface area contributed by atoms with Crippen molar-refractivity contribution in [2.45, 2.75) is 45.8 Å². The summed E-state index contributed by atoms with van der Waals surface area (Å²) < 4.78 is 15.2. The molecule has 0 bridgehead atoms. The minimum Gasteiger partial charge on any atom is -0.350 e. The number of hydrogen-bond acceptors (Lipinski definition) is 6. The molecule has 224 valence electrons. The lowest BCUT2D eigenvalue weighted by Gasteiger charge is -2.42. The van der Waals surface area contributed by atoms with Crippen molar-refractivity contribution in [3.8, 4) is 17.3 Å². The molecule has 9 nitrogen and oxygen atoms in total. The Bertz CT molecular complexity index is 1560. The zero-order chi connectivity index (χ0) is 31.4. The molecular formula is C32H35ClFN7O2. The third kappa shape index (κ3) is 6.22. The van der Waals surface area contributed by atoms with Gasteiger partial charge in [-0.25, -0.2) is 9.37 Å². The number of amides is 2. The summed E-state index contributed by atoms with van der Waals surface area (Å²) in [4.78, 5) is 44.8. The monoisotopic (exact) mass is 603 g/mol. The normalized spacial score (nSPS) is 20.5. The van der Waals surface area contributed by atoms with E-state index in [1.807, 2.05) is 44.7 Å². The zero-order valence-corrected chi connectivity index (χ0v) is 25.7. The average molecular weight is 604 g/mol. The Balaban J connectivity index is 1.94. The quantitative estimate of drug-likeness (QED) is 0.194. The van der Waals surface area contributed by atoms with E-state index in [0.717, 1.165) is 5.57 Å². The minimum atomic E-state index is -0.607. The highest BCUT2D eigenvalue weighted by Crippen LogP contribution is 2.37. The molecule has 1 aromatic heterocycles. The number of rotatable bonds is 7. The first kappa shape index (κ1) is 31.6. The first-order valence-electron chi connectivity index (χ1n) is 14.0. The van der Waals surface area contributed by atoms with Crippen LogP contribution in [-0.2, 0) is 9.59 Å². The van der Waals surface area contributed by atoms with Gasteiger partial charge in [-0.3, -0.25) is 24.5 Å². The number of anilines is 1. The van der Waals surface area contributed by atoms with E-state index in [0.29, 0.717) is 37.4 Å². The van der Waals surface area contributed by atoms with Crippen LogP contribution >= 0.6 is 11.6 Å². The van der Waals surface area contributed by atoms with Crippen LogP contribution in [0.25, 0.3) is 11.3 Å². The number of piperazine rings is 1. The first-order valence-corrected chi connectivity index (χ1v) is 14.4. The van der Waals surface area contributed by atoms with Crippen LogP contribution in [0.3, 0.4) is 0 Å². The second-order valence-corrected chi connectivity index (χ2v) is 11.4. The molecule has 0 spiro atoms. The van der Waals surface area contributed by atoms with Crippen molar-refractivity contribution in [1.29, 1.82) is 5.26 Å². The lowest BCUT2D eigenvalue weighted by atomic mass is 9.89. The van der Waals surface area contributed by atoms with E-state index in [-0.39, 0.29) is 51.6 Å². The van der Waals surface area contributed by atoms with Gasteiger partial charge in [-0.1, -0.05) is 32.0 Å². The second-order valence-electron chi connectivity index (χ2n) is 11.0. The number of benzene rings is 1. The summed E-state index contributed by atoms with van der Waals surface area (Å²) >= 11 is 6.81. The van der Waals surface area contributed by atoms with Crippen molar-refractivity contribution in [2.24, 2.45) is 15.9 Å². The molecule has 4 rings (SSSR count). The zero-order valence-electron chi connectivity index (χ0n) is 25.0. The number of nitriles is 1. The van der Waals surface area contributed by atoms with Crippen LogP contribution in [0, 0.1) is 23.1 Å². The number of nitrogens with zero attached hydrogens (tertiary/aromatic N) is 7. The highest BCUT2D eigenvalue weighted by Gasteiger charge is 2.37. The van der Waals surface area contributed by atoms with Crippen LogP contribution < -0.4 is 4.90 Å². The SMILES string of the molecule is C=CC(=O)N1CCN(/C(=N/C)c2cc(Cl)c(-c3cc(C#N)ccc3F)nc2N(C=O)C2C(C)=CC=NC2C(C)C)C(C)C1. The predicted octanol–water partition coefficient (Wildman–Crippen LogP) is 4.89. The van der Waals surface area contributed by atoms with Crippen LogP contribution in [0.15, 0.2) is 58.6 Å². The molecule has 1 fully saturated rings. The van der Waals surface area contributed by atoms with Gasteiger partial charge in [-0.15, -0.1) is 0 Å². The lowest BCUT2D eigenvalue weighted by Crippen LogP contribution is -2.55. The number of pyridine rings is 1. The van der Waals surface area contributed by atoms with Crippen LogP contribution in [0.1, 0.15) is 38.8 Å². The van der Waals surface area contributed by atoms with Gasteiger partial charge in [0.2, 0.25) is 12.3 Å². The molecule has 2 aliphatic heterocycles. The third-order valence-corrected chi connectivity index (χ3v) is 8.16. The summed E-state index contributed by atoms with van der Waals surface area (Å²) in [6.07, 6.45) is 5.61. The van der Waals surface area contributed by atoms with Gasteiger partial charge in [0.1, 0.15) is 17.5 Å². The van der Waals surface area contributed by atoms with Crippen molar-refractivity contribution in [2.75, 3.05) is 31.6 Å². The van der Waals surface area contributed by atoms with Crippen molar-refractivity contribution in [3.63, 3.8) is 0 Å². The topological polar surface area (TPSA) is 105 Å². The van der Waals surface area contributed by atoms with E-state index in [4.69, 9.17) is 16.6 Å². The third-order valence-electron chi connectivity index (χ3n) is 7.87. The standard InChI is InChI=1S/C32H35ClFN7O2/c1-7-27(43)39-12-13-40(21(5)17-39)31(36-6)24-15-25(33)29(23-14-22(16-35)8-9-26(23)34)38-32(24)41(18-42)30-20(4)10-11-37-28(30)19(2)3/h7-11,14-15,18-19,21,28,30H,1,12-13,17H2,2-6H3/b36-31+. The Hall–Kier alpha value is -4.36. The molecule has 3 atom stereocenters. The number of carbonyl (C=O) groups excluding carboxylic acids is 2. The van der Waals surface area contributed by atoms with Crippen LogP contribution in [-0.4, -0.2) is 84.0 Å². The van der Waals surface area contributed by atoms with Crippen LogP contribution in [0.5, 0.6) is 0 Å². The van der Waals surface area contributed by atoms with Crippen molar-refractivity contribution in [1.82, 2.24) is 14.8 Å². The Kier molecular flexibility index (Phi) is 9.77. The Morgan fingerprint density at radius 2 is 2.07 bits per heavy atom. The first-order chi connectivity index (χ1) is 20.6. The number of carbonyl (C=O) groups is 2. The fraction of sp³-hybridized carbons (Fsp3) is 0.375. The van der Waals surface area contributed by atoms with Gasteiger partial charge in [0.25, 0.3) is 0 Å². The number of dihydropyridines is 1. The Morgan fingerprint density at radius 3 is 2.67 bits per heavy atom. The fourth-order valence-electron chi connectivity index (χ4n) is 5.69. The largest absolute Gasteiger partial charge is 0.350 e. The molecule has 0 N–H and O–H groups in total. The molecule has 0 radical (unpaired) electrons.